The second-order valence-electron chi connectivity index (χ2n) is 4.19. The number of hydrogen-bond acceptors (Lipinski definition) is 2. The van der Waals surface area contributed by atoms with Crippen LogP contribution in [-0.2, 0) is 0 Å². The van der Waals surface area contributed by atoms with Gasteiger partial charge in [-0.05, 0) is 36.8 Å². The van der Waals surface area contributed by atoms with Crippen LogP contribution in [0.2, 0.25) is 5.02 Å². The molecule has 90 valence electrons. The fraction of sp³-hybridized carbons (Fsp3) is 0.0714. The van der Waals surface area contributed by atoms with Gasteiger partial charge >= 0.3 is 0 Å². The van der Waals surface area contributed by atoms with Gasteiger partial charge in [0.25, 0.3) is 0 Å². The summed E-state index contributed by atoms with van der Waals surface area (Å²) in [5.74, 6) is 0.724. The van der Waals surface area contributed by atoms with Crippen LogP contribution in [0.25, 0.3) is 11.0 Å². The number of imidazole rings is 1. The number of benzene rings is 2. The summed E-state index contributed by atoms with van der Waals surface area (Å²) >= 11 is 5.99. The zero-order valence-electron chi connectivity index (χ0n) is 9.87. The first kappa shape index (κ1) is 11.1. The molecule has 0 atom stereocenters. The summed E-state index contributed by atoms with van der Waals surface area (Å²) in [6.45, 7) is 2.03. The molecule has 0 aliphatic carbocycles. The van der Waals surface area contributed by atoms with E-state index in [1.54, 1.807) is 0 Å². The van der Waals surface area contributed by atoms with E-state index in [0.29, 0.717) is 5.02 Å². The number of rotatable bonds is 2. The van der Waals surface area contributed by atoms with Crippen LogP contribution in [-0.4, -0.2) is 9.97 Å². The number of fused-ring (bicyclic) bond motifs is 1. The number of aromatic amines is 1. The molecule has 0 bridgehead atoms. The van der Waals surface area contributed by atoms with E-state index in [-0.39, 0.29) is 0 Å². The molecule has 0 unspecified atom stereocenters. The number of anilines is 2. The molecule has 0 saturated carbocycles. The van der Waals surface area contributed by atoms with Crippen molar-refractivity contribution in [3.63, 3.8) is 0 Å². The second kappa shape index (κ2) is 4.35. The van der Waals surface area contributed by atoms with Crippen molar-refractivity contribution >= 4 is 34.3 Å². The monoisotopic (exact) mass is 257 g/mol. The van der Waals surface area contributed by atoms with Crippen molar-refractivity contribution in [2.75, 3.05) is 5.32 Å². The summed E-state index contributed by atoms with van der Waals surface area (Å²) in [6.07, 6.45) is 0. The van der Waals surface area contributed by atoms with E-state index in [1.165, 1.54) is 0 Å². The van der Waals surface area contributed by atoms with E-state index in [4.69, 9.17) is 11.6 Å². The minimum absolute atomic E-state index is 0.708. The van der Waals surface area contributed by atoms with Crippen LogP contribution in [0.5, 0.6) is 0 Å². The first-order valence-electron chi connectivity index (χ1n) is 5.70. The van der Waals surface area contributed by atoms with Gasteiger partial charge in [0.15, 0.2) is 0 Å². The Balaban J connectivity index is 1.98. The van der Waals surface area contributed by atoms with Crippen molar-refractivity contribution in [1.29, 1.82) is 0 Å². The molecule has 1 aromatic heterocycles. The molecule has 4 heteroatoms. The molecule has 2 aromatic carbocycles. The van der Waals surface area contributed by atoms with Crippen LogP contribution in [0, 0.1) is 6.92 Å². The van der Waals surface area contributed by atoms with Crippen molar-refractivity contribution in [3.8, 4) is 0 Å². The summed E-state index contributed by atoms with van der Waals surface area (Å²) < 4.78 is 0. The smallest absolute Gasteiger partial charge is 0.205 e. The molecular weight excluding hydrogens is 246 g/mol. The average Bonchev–Trinajstić information content (AvgIpc) is 2.76. The van der Waals surface area contributed by atoms with Crippen molar-refractivity contribution in [1.82, 2.24) is 9.97 Å². The number of nitrogens with one attached hydrogen (secondary N) is 2. The number of nitrogens with zero attached hydrogens (tertiary/aromatic N) is 1. The van der Waals surface area contributed by atoms with E-state index in [2.05, 4.69) is 15.3 Å². The van der Waals surface area contributed by atoms with Crippen molar-refractivity contribution in [2.24, 2.45) is 0 Å². The van der Waals surface area contributed by atoms with Crippen LogP contribution in [0.15, 0.2) is 42.5 Å². The predicted molar refractivity (Wildman–Crippen MR) is 75.6 cm³/mol. The Bertz CT molecular complexity index is 670. The van der Waals surface area contributed by atoms with Crippen LogP contribution < -0.4 is 5.32 Å². The molecule has 18 heavy (non-hydrogen) atoms. The first-order valence-corrected chi connectivity index (χ1v) is 6.08. The largest absolute Gasteiger partial charge is 0.325 e. The van der Waals surface area contributed by atoms with Gasteiger partial charge in [-0.15, -0.1) is 0 Å². The third-order valence-corrected chi connectivity index (χ3v) is 3.08. The third-order valence-electron chi connectivity index (χ3n) is 2.84. The number of H-pyrrole nitrogens is 1. The number of aromatic nitrogens is 2. The highest BCUT2D eigenvalue weighted by Gasteiger charge is 2.04. The summed E-state index contributed by atoms with van der Waals surface area (Å²) in [5.41, 5.74) is 4.04. The summed E-state index contributed by atoms with van der Waals surface area (Å²) in [5, 5.41) is 3.96. The van der Waals surface area contributed by atoms with Crippen molar-refractivity contribution < 1.29 is 0 Å². The maximum atomic E-state index is 5.99. The van der Waals surface area contributed by atoms with Gasteiger partial charge in [-0.3, -0.25) is 0 Å². The molecule has 3 aromatic rings. The topological polar surface area (TPSA) is 40.7 Å². The van der Waals surface area contributed by atoms with Gasteiger partial charge in [0.05, 0.1) is 11.0 Å². The van der Waals surface area contributed by atoms with Crippen molar-refractivity contribution in [3.05, 3.63) is 53.1 Å². The fourth-order valence-electron chi connectivity index (χ4n) is 1.87. The van der Waals surface area contributed by atoms with E-state index in [9.17, 15) is 0 Å². The lowest BCUT2D eigenvalue weighted by Gasteiger charge is -2.06. The highest BCUT2D eigenvalue weighted by molar-refractivity contribution is 6.30. The lowest BCUT2D eigenvalue weighted by molar-refractivity contribution is 1.29. The molecule has 1 heterocycles. The zero-order valence-corrected chi connectivity index (χ0v) is 10.6. The van der Waals surface area contributed by atoms with Gasteiger partial charge in [-0.25, -0.2) is 4.98 Å². The van der Waals surface area contributed by atoms with Crippen LogP contribution in [0.4, 0.5) is 11.6 Å². The molecule has 0 spiro atoms. The number of halogens is 1. The Hall–Kier alpha value is -2.00. The molecule has 0 fully saturated rings. The van der Waals surface area contributed by atoms with E-state index in [1.807, 2.05) is 49.4 Å². The van der Waals surface area contributed by atoms with Crippen LogP contribution >= 0.6 is 11.6 Å². The van der Waals surface area contributed by atoms with Gasteiger partial charge < -0.3 is 10.3 Å². The SMILES string of the molecule is Cc1ccc(Cl)cc1Nc1nc2ccccc2[nH]1. The molecule has 0 amide bonds. The Morgan fingerprint density at radius 3 is 2.83 bits per heavy atom. The average molecular weight is 258 g/mol. The minimum atomic E-state index is 0.708. The molecular formula is C14H12ClN3. The first-order chi connectivity index (χ1) is 8.72. The van der Waals surface area contributed by atoms with Crippen LogP contribution in [0.1, 0.15) is 5.56 Å². The molecule has 0 saturated heterocycles. The van der Waals surface area contributed by atoms with Gasteiger partial charge in [0.1, 0.15) is 0 Å². The Morgan fingerprint density at radius 2 is 2.00 bits per heavy atom. The molecule has 0 radical (unpaired) electrons. The lowest BCUT2D eigenvalue weighted by Crippen LogP contribution is -1.94. The second-order valence-corrected chi connectivity index (χ2v) is 4.62. The Kier molecular flexibility index (Phi) is 2.68. The van der Waals surface area contributed by atoms with Gasteiger partial charge in [-0.2, -0.15) is 0 Å². The maximum Gasteiger partial charge on any atom is 0.205 e. The maximum absolute atomic E-state index is 5.99. The molecule has 0 aliphatic rings. The summed E-state index contributed by atoms with van der Waals surface area (Å²) in [7, 11) is 0. The number of para-hydroxylation sites is 2. The van der Waals surface area contributed by atoms with Crippen molar-refractivity contribution in [2.45, 2.75) is 6.92 Å². The zero-order chi connectivity index (χ0) is 12.5. The molecule has 2 N–H and O–H groups in total. The van der Waals surface area contributed by atoms with E-state index < -0.39 is 0 Å². The lowest BCUT2D eigenvalue weighted by atomic mass is 10.2. The van der Waals surface area contributed by atoms with Gasteiger partial charge in [-0.1, -0.05) is 29.8 Å². The highest BCUT2D eigenvalue weighted by Crippen LogP contribution is 2.24. The molecule has 3 rings (SSSR count). The molecule has 3 nitrogen and oxygen atoms in total. The van der Waals surface area contributed by atoms with Gasteiger partial charge in [0, 0.05) is 10.7 Å². The normalized spacial score (nSPS) is 10.8. The number of aryl methyl sites for hydroxylation is 1. The van der Waals surface area contributed by atoms with Crippen LogP contribution in [0.3, 0.4) is 0 Å². The highest BCUT2D eigenvalue weighted by atomic mass is 35.5. The Labute approximate surface area is 110 Å². The predicted octanol–water partition coefficient (Wildman–Crippen LogP) is 4.27. The standard InChI is InChI=1S/C14H12ClN3/c1-9-6-7-10(15)8-13(9)18-14-16-11-4-2-3-5-12(11)17-14/h2-8H,1H3,(H2,16,17,18). The Morgan fingerprint density at radius 1 is 1.17 bits per heavy atom. The van der Waals surface area contributed by atoms with E-state index >= 15 is 0 Å². The third kappa shape index (κ3) is 2.05. The number of hydrogen-bond donors (Lipinski definition) is 2. The van der Waals surface area contributed by atoms with E-state index in [0.717, 1.165) is 28.2 Å². The minimum Gasteiger partial charge on any atom is -0.325 e. The summed E-state index contributed by atoms with van der Waals surface area (Å²) in [6, 6.07) is 13.7. The van der Waals surface area contributed by atoms with Gasteiger partial charge in [0.2, 0.25) is 5.95 Å². The quantitative estimate of drug-likeness (QED) is 0.720. The molecule has 0 aliphatic heterocycles. The summed E-state index contributed by atoms with van der Waals surface area (Å²) in [4.78, 5) is 7.69. The fourth-order valence-corrected chi connectivity index (χ4v) is 2.04.